The fraction of sp³-hybridized carbons (Fsp3) is 0.542. The molecule has 28 heavy (non-hydrogen) atoms. The summed E-state index contributed by atoms with van der Waals surface area (Å²) in [5.74, 6) is 0.0220. The normalized spacial score (nSPS) is 19.0. The second kappa shape index (κ2) is 11.0. The van der Waals surface area contributed by atoms with E-state index in [-0.39, 0.29) is 5.91 Å². The van der Waals surface area contributed by atoms with Gasteiger partial charge < -0.3 is 10.2 Å². The minimum atomic E-state index is 0.0220. The highest BCUT2D eigenvalue weighted by molar-refractivity contribution is 9.10. The van der Waals surface area contributed by atoms with Crippen molar-refractivity contribution in [3.8, 4) is 0 Å². The molecule has 0 radical (unpaired) electrons. The molecular formula is C24H33BrN2O. The summed E-state index contributed by atoms with van der Waals surface area (Å²) >= 11 is 3.40. The molecule has 1 aromatic carbocycles. The van der Waals surface area contributed by atoms with Crippen LogP contribution in [0.1, 0.15) is 68.6 Å². The van der Waals surface area contributed by atoms with E-state index in [0.29, 0.717) is 6.04 Å². The molecule has 3 nitrogen and oxygen atoms in total. The van der Waals surface area contributed by atoms with E-state index >= 15 is 0 Å². The van der Waals surface area contributed by atoms with Crippen LogP contribution in [-0.2, 0) is 0 Å². The van der Waals surface area contributed by atoms with Gasteiger partial charge in [0.25, 0.3) is 5.91 Å². The molecule has 1 N–H and O–H groups in total. The Morgan fingerprint density at radius 1 is 1.11 bits per heavy atom. The molecule has 0 spiro atoms. The summed E-state index contributed by atoms with van der Waals surface area (Å²) in [4.78, 5) is 14.9. The van der Waals surface area contributed by atoms with Crippen LogP contribution in [0.2, 0.25) is 0 Å². The van der Waals surface area contributed by atoms with Gasteiger partial charge in [0, 0.05) is 22.6 Å². The van der Waals surface area contributed by atoms with Crippen molar-refractivity contribution in [3.63, 3.8) is 0 Å². The number of nitrogens with zero attached hydrogens (tertiary/aromatic N) is 1. The Balaban J connectivity index is 1.40. The Morgan fingerprint density at radius 2 is 1.86 bits per heavy atom. The third kappa shape index (κ3) is 6.05. The van der Waals surface area contributed by atoms with Gasteiger partial charge in [-0.05, 0) is 99.9 Å². The summed E-state index contributed by atoms with van der Waals surface area (Å²) in [6, 6.07) is 8.22. The minimum absolute atomic E-state index is 0.0220. The average molecular weight is 445 g/mol. The lowest BCUT2D eigenvalue weighted by molar-refractivity contribution is 0.0952. The molecule has 2 aliphatic carbocycles. The number of hydrogen-bond donors (Lipinski definition) is 1. The first-order valence-electron chi connectivity index (χ1n) is 10.8. The summed E-state index contributed by atoms with van der Waals surface area (Å²) in [5.41, 5.74) is 3.96. The number of carbonyl (C=O) groups is 1. The van der Waals surface area contributed by atoms with Crippen LogP contribution in [-0.4, -0.2) is 36.5 Å². The molecule has 0 aliphatic heterocycles. The van der Waals surface area contributed by atoms with Crippen molar-refractivity contribution in [3.05, 3.63) is 57.6 Å². The second-order valence-corrected chi connectivity index (χ2v) is 8.85. The highest BCUT2D eigenvalue weighted by Gasteiger charge is 2.25. The Hall–Kier alpha value is -1.39. The van der Waals surface area contributed by atoms with Crippen molar-refractivity contribution >= 4 is 21.8 Å². The molecule has 3 rings (SSSR count). The summed E-state index contributed by atoms with van der Waals surface area (Å²) in [6.07, 6.45) is 14.5. The van der Waals surface area contributed by atoms with Crippen LogP contribution in [0.4, 0.5) is 0 Å². The monoisotopic (exact) mass is 444 g/mol. The van der Waals surface area contributed by atoms with Crippen LogP contribution in [0, 0.1) is 0 Å². The molecule has 1 amide bonds. The third-order valence-electron chi connectivity index (χ3n) is 5.85. The molecule has 0 saturated heterocycles. The highest BCUT2D eigenvalue weighted by Crippen LogP contribution is 2.35. The lowest BCUT2D eigenvalue weighted by Gasteiger charge is -2.37. The first-order chi connectivity index (χ1) is 13.7. The van der Waals surface area contributed by atoms with Crippen LogP contribution in [0.3, 0.4) is 0 Å². The second-order valence-electron chi connectivity index (χ2n) is 7.94. The maximum absolute atomic E-state index is 12.2. The zero-order valence-electron chi connectivity index (χ0n) is 17.1. The van der Waals surface area contributed by atoms with E-state index in [1.165, 1.54) is 45.1 Å². The van der Waals surface area contributed by atoms with E-state index < -0.39 is 0 Å². The Kier molecular flexibility index (Phi) is 8.35. The summed E-state index contributed by atoms with van der Waals surface area (Å²) in [5, 5.41) is 3.05. The molecule has 0 unspecified atom stereocenters. The summed E-state index contributed by atoms with van der Waals surface area (Å²) in [7, 11) is 0. The minimum Gasteiger partial charge on any atom is -0.352 e. The smallest absolute Gasteiger partial charge is 0.251 e. The quantitative estimate of drug-likeness (QED) is 0.482. The fourth-order valence-electron chi connectivity index (χ4n) is 4.35. The first kappa shape index (κ1) is 21.3. The Bertz CT molecular complexity index is 708. The van der Waals surface area contributed by atoms with Crippen molar-refractivity contribution in [2.75, 3.05) is 19.6 Å². The standard InChI is InChI=1S/C24H33BrN2O/c1-2-16-27(23-14-11-19-7-3-4-8-21(19)18-23)17-6-5-15-26-24(28)20-9-12-22(25)13-10-20/h7-10,12-13,23H,2-6,11,14-18H2,1H3,(H,26,28)/t23-/m0/s1. The van der Waals surface area contributed by atoms with Crippen LogP contribution >= 0.6 is 15.9 Å². The lowest BCUT2D eigenvalue weighted by atomic mass is 9.82. The van der Waals surface area contributed by atoms with Crippen molar-refractivity contribution < 1.29 is 4.79 Å². The number of amides is 1. The van der Waals surface area contributed by atoms with Crippen LogP contribution in [0.5, 0.6) is 0 Å². The maximum atomic E-state index is 12.2. The molecule has 1 atom stereocenters. The van der Waals surface area contributed by atoms with E-state index in [2.05, 4.69) is 45.2 Å². The van der Waals surface area contributed by atoms with E-state index in [9.17, 15) is 4.79 Å². The van der Waals surface area contributed by atoms with Gasteiger partial charge in [0.15, 0.2) is 0 Å². The van der Waals surface area contributed by atoms with Crippen LogP contribution < -0.4 is 5.32 Å². The molecule has 152 valence electrons. The number of benzene rings is 1. The van der Waals surface area contributed by atoms with Crippen molar-refractivity contribution in [1.29, 1.82) is 0 Å². The number of allylic oxidation sites excluding steroid dienone is 3. The van der Waals surface area contributed by atoms with Gasteiger partial charge in [-0.25, -0.2) is 0 Å². The lowest BCUT2D eigenvalue weighted by Crippen LogP contribution is -2.39. The zero-order valence-corrected chi connectivity index (χ0v) is 18.6. The van der Waals surface area contributed by atoms with Gasteiger partial charge in [-0.3, -0.25) is 4.79 Å². The van der Waals surface area contributed by atoms with Gasteiger partial charge in [-0.1, -0.05) is 35.0 Å². The van der Waals surface area contributed by atoms with E-state index in [1.807, 2.05) is 24.3 Å². The van der Waals surface area contributed by atoms with Crippen molar-refractivity contribution in [2.24, 2.45) is 0 Å². The molecule has 1 saturated carbocycles. The Labute approximate surface area is 178 Å². The van der Waals surface area contributed by atoms with Crippen LogP contribution in [0.25, 0.3) is 0 Å². The van der Waals surface area contributed by atoms with E-state index in [4.69, 9.17) is 0 Å². The van der Waals surface area contributed by atoms with Gasteiger partial charge in [-0.2, -0.15) is 0 Å². The molecule has 1 aromatic rings. The predicted molar refractivity (Wildman–Crippen MR) is 121 cm³/mol. The average Bonchev–Trinajstić information content (AvgIpc) is 2.72. The zero-order chi connectivity index (χ0) is 19.8. The van der Waals surface area contributed by atoms with Gasteiger partial charge in [0.2, 0.25) is 0 Å². The number of nitrogens with one attached hydrogen (secondary N) is 1. The number of rotatable bonds is 9. The number of halogens is 1. The van der Waals surface area contributed by atoms with Gasteiger partial charge in [-0.15, -0.1) is 0 Å². The third-order valence-corrected chi connectivity index (χ3v) is 6.38. The summed E-state index contributed by atoms with van der Waals surface area (Å²) in [6.45, 7) is 5.35. The van der Waals surface area contributed by atoms with Crippen molar-refractivity contribution in [1.82, 2.24) is 10.2 Å². The molecule has 4 heteroatoms. The van der Waals surface area contributed by atoms with Crippen molar-refractivity contribution in [2.45, 2.75) is 64.3 Å². The molecule has 2 aliphatic rings. The Morgan fingerprint density at radius 3 is 2.61 bits per heavy atom. The number of carbonyl (C=O) groups excluding carboxylic acids is 1. The molecular weight excluding hydrogens is 412 g/mol. The number of fused-ring (bicyclic) bond motifs is 1. The predicted octanol–water partition coefficient (Wildman–Crippen LogP) is 5.87. The molecule has 0 aromatic heterocycles. The van der Waals surface area contributed by atoms with E-state index in [0.717, 1.165) is 36.0 Å². The van der Waals surface area contributed by atoms with Gasteiger partial charge in [0.1, 0.15) is 0 Å². The SMILES string of the molecule is CCCN(CCCCNC(=O)c1ccc(Br)cc1)[C@H]1CCC2=CCCC=C2C1. The van der Waals surface area contributed by atoms with Crippen LogP contribution in [0.15, 0.2) is 52.0 Å². The van der Waals surface area contributed by atoms with E-state index in [1.54, 1.807) is 11.1 Å². The topological polar surface area (TPSA) is 32.3 Å². The fourth-order valence-corrected chi connectivity index (χ4v) is 4.62. The molecule has 1 fully saturated rings. The number of unbranched alkanes of at least 4 members (excludes halogenated alkanes) is 1. The largest absolute Gasteiger partial charge is 0.352 e. The summed E-state index contributed by atoms with van der Waals surface area (Å²) < 4.78 is 0.995. The maximum Gasteiger partial charge on any atom is 0.251 e. The number of hydrogen-bond acceptors (Lipinski definition) is 2. The van der Waals surface area contributed by atoms with Gasteiger partial charge in [0.05, 0.1) is 0 Å². The highest BCUT2D eigenvalue weighted by atomic mass is 79.9. The first-order valence-corrected chi connectivity index (χ1v) is 11.6. The molecule has 0 heterocycles. The molecule has 0 bridgehead atoms. The van der Waals surface area contributed by atoms with Gasteiger partial charge >= 0.3 is 0 Å².